The summed E-state index contributed by atoms with van der Waals surface area (Å²) >= 11 is 0. The molecule has 2 unspecified atom stereocenters. The molecule has 4 nitrogen and oxygen atoms in total. The number of hydrogen-bond donors (Lipinski definition) is 1. The summed E-state index contributed by atoms with van der Waals surface area (Å²) in [6.45, 7) is 7.46. The Labute approximate surface area is 110 Å². The molecular formula is C14H25NO3. The monoisotopic (exact) mass is 255 g/mol. The van der Waals surface area contributed by atoms with Crippen molar-refractivity contribution in [2.24, 2.45) is 5.92 Å². The molecule has 0 heterocycles. The molecule has 0 saturated heterocycles. The standard InChI is InChI=1S/C14H25NO3/c1-3-17-10-6-9-15-13-8-5-7-12(11-13)14(16)18-4-2/h3,12-13,15H,1,4-11H2,2H3. The summed E-state index contributed by atoms with van der Waals surface area (Å²) < 4.78 is 10.2. The number of ether oxygens (including phenoxy) is 2. The topological polar surface area (TPSA) is 47.6 Å². The fourth-order valence-corrected chi connectivity index (χ4v) is 2.39. The third kappa shape index (κ3) is 5.54. The first kappa shape index (κ1) is 15.0. The molecule has 1 rings (SSSR count). The predicted molar refractivity (Wildman–Crippen MR) is 71.1 cm³/mol. The fraction of sp³-hybridized carbons (Fsp3) is 0.786. The van der Waals surface area contributed by atoms with E-state index in [4.69, 9.17) is 9.47 Å². The fourth-order valence-electron chi connectivity index (χ4n) is 2.39. The second kappa shape index (κ2) is 8.97. The number of esters is 1. The zero-order valence-corrected chi connectivity index (χ0v) is 11.3. The summed E-state index contributed by atoms with van der Waals surface area (Å²) in [6, 6.07) is 0.442. The quantitative estimate of drug-likeness (QED) is 0.410. The van der Waals surface area contributed by atoms with E-state index in [1.165, 1.54) is 6.26 Å². The SMILES string of the molecule is C=COCCCNC1CCCC(C(=O)OCC)C1. The van der Waals surface area contributed by atoms with Gasteiger partial charge in [-0.3, -0.25) is 4.79 Å². The molecule has 0 aromatic rings. The summed E-state index contributed by atoms with van der Waals surface area (Å²) in [5.74, 6) is 0.0552. The Balaban J connectivity index is 2.18. The zero-order valence-electron chi connectivity index (χ0n) is 11.3. The van der Waals surface area contributed by atoms with Crippen molar-refractivity contribution in [3.8, 4) is 0 Å². The van der Waals surface area contributed by atoms with Gasteiger partial charge in [0.1, 0.15) is 0 Å². The Hall–Kier alpha value is -1.03. The number of nitrogens with one attached hydrogen (secondary N) is 1. The molecular weight excluding hydrogens is 230 g/mol. The lowest BCUT2D eigenvalue weighted by molar-refractivity contribution is -0.149. The molecule has 0 spiro atoms. The van der Waals surface area contributed by atoms with E-state index in [-0.39, 0.29) is 11.9 Å². The van der Waals surface area contributed by atoms with Crippen molar-refractivity contribution in [1.82, 2.24) is 5.32 Å². The van der Waals surface area contributed by atoms with Gasteiger partial charge in [-0.15, -0.1) is 0 Å². The zero-order chi connectivity index (χ0) is 13.2. The van der Waals surface area contributed by atoms with E-state index in [0.717, 1.165) is 38.6 Å². The van der Waals surface area contributed by atoms with Crippen molar-refractivity contribution in [3.63, 3.8) is 0 Å². The van der Waals surface area contributed by atoms with Crippen LogP contribution in [0.4, 0.5) is 0 Å². The summed E-state index contributed by atoms with van der Waals surface area (Å²) in [6.07, 6.45) is 6.56. The Kier molecular flexibility index (Phi) is 7.49. The maximum Gasteiger partial charge on any atom is 0.308 e. The van der Waals surface area contributed by atoms with Crippen LogP contribution < -0.4 is 5.32 Å². The molecule has 4 heteroatoms. The summed E-state index contributed by atoms with van der Waals surface area (Å²) in [4.78, 5) is 11.7. The minimum absolute atomic E-state index is 0.0287. The number of rotatable bonds is 8. The highest BCUT2D eigenvalue weighted by Gasteiger charge is 2.27. The van der Waals surface area contributed by atoms with E-state index in [9.17, 15) is 4.79 Å². The van der Waals surface area contributed by atoms with Gasteiger partial charge in [-0.1, -0.05) is 13.0 Å². The highest BCUT2D eigenvalue weighted by Crippen LogP contribution is 2.25. The van der Waals surface area contributed by atoms with Gasteiger partial charge < -0.3 is 14.8 Å². The Morgan fingerprint density at radius 1 is 1.50 bits per heavy atom. The van der Waals surface area contributed by atoms with Gasteiger partial charge in [0.15, 0.2) is 0 Å². The van der Waals surface area contributed by atoms with E-state index in [0.29, 0.717) is 19.3 Å². The lowest BCUT2D eigenvalue weighted by Gasteiger charge is -2.28. The van der Waals surface area contributed by atoms with Crippen molar-refractivity contribution < 1.29 is 14.3 Å². The van der Waals surface area contributed by atoms with E-state index >= 15 is 0 Å². The second-order valence-electron chi connectivity index (χ2n) is 4.66. The Morgan fingerprint density at radius 3 is 3.06 bits per heavy atom. The molecule has 18 heavy (non-hydrogen) atoms. The number of carbonyl (C=O) groups is 1. The van der Waals surface area contributed by atoms with Crippen LogP contribution in [-0.4, -0.2) is 31.8 Å². The van der Waals surface area contributed by atoms with Gasteiger partial charge >= 0.3 is 5.97 Å². The lowest BCUT2D eigenvalue weighted by Crippen LogP contribution is -2.37. The smallest absolute Gasteiger partial charge is 0.308 e. The van der Waals surface area contributed by atoms with Gasteiger partial charge in [0.05, 0.1) is 25.4 Å². The third-order valence-corrected chi connectivity index (χ3v) is 3.28. The minimum Gasteiger partial charge on any atom is -0.502 e. The first-order chi connectivity index (χ1) is 8.77. The van der Waals surface area contributed by atoms with E-state index < -0.39 is 0 Å². The van der Waals surface area contributed by atoms with Gasteiger partial charge in [-0.05, 0) is 39.2 Å². The molecule has 2 atom stereocenters. The van der Waals surface area contributed by atoms with Crippen LogP contribution in [0, 0.1) is 5.92 Å². The normalized spacial score (nSPS) is 23.4. The van der Waals surface area contributed by atoms with Crippen molar-refractivity contribution in [2.45, 2.75) is 45.1 Å². The van der Waals surface area contributed by atoms with Crippen molar-refractivity contribution in [3.05, 3.63) is 12.8 Å². The van der Waals surface area contributed by atoms with Gasteiger partial charge in [0.2, 0.25) is 0 Å². The molecule has 1 saturated carbocycles. The van der Waals surface area contributed by atoms with E-state index in [1.54, 1.807) is 0 Å². The highest BCUT2D eigenvalue weighted by molar-refractivity contribution is 5.72. The molecule has 1 fully saturated rings. The van der Waals surface area contributed by atoms with Crippen LogP contribution in [0.15, 0.2) is 12.8 Å². The van der Waals surface area contributed by atoms with E-state index in [2.05, 4.69) is 11.9 Å². The molecule has 0 aromatic carbocycles. The highest BCUT2D eigenvalue weighted by atomic mass is 16.5. The van der Waals surface area contributed by atoms with E-state index in [1.807, 2.05) is 6.92 Å². The van der Waals surface area contributed by atoms with Gasteiger partial charge in [0, 0.05) is 6.04 Å². The molecule has 1 N–H and O–H groups in total. The first-order valence-corrected chi connectivity index (χ1v) is 6.90. The summed E-state index contributed by atoms with van der Waals surface area (Å²) in [7, 11) is 0. The summed E-state index contributed by atoms with van der Waals surface area (Å²) in [5.41, 5.74) is 0. The molecule has 0 aromatic heterocycles. The number of hydrogen-bond acceptors (Lipinski definition) is 4. The van der Waals surface area contributed by atoms with Crippen LogP contribution >= 0.6 is 0 Å². The minimum atomic E-state index is -0.0287. The molecule has 0 amide bonds. The average molecular weight is 255 g/mol. The Morgan fingerprint density at radius 2 is 2.33 bits per heavy atom. The predicted octanol–water partition coefficient (Wildman–Crippen LogP) is 2.25. The summed E-state index contributed by atoms with van der Waals surface area (Å²) in [5, 5.41) is 3.49. The van der Waals surface area contributed by atoms with Crippen LogP contribution in [0.5, 0.6) is 0 Å². The van der Waals surface area contributed by atoms with Crippen LogP contribution in [0.25, 0.3) is 0 Å². The maximum absolute atomic E-state index is 11.7. The van der Waals surface area contributed by atoms with Crippen LogP contribution in [0.2, 0.25) is 0 Å². The maximum atomic E-state index is 11.7. The van der Waals surface area contributed by atoms with Crippen LogP contribution in [-0.2, 0) is 14.3 Å². The second-order valence-corrected chi connectivity index (χ2v) is 4.66. The number of carbonyl (C=O) groups excluding carboxylic acids is 1. The van der Waals surface area contributed by atoms with Crippen LogP contribution in [0.3, 0.4) is 0 Å². The van der Waals surface area contributed by atoms with Crippen molar-refractivity contribution in [1.29, 1.82) is 0 Å². The average Bonchev–Trinajstić information content (AvgIpc) is 2.39. The van der Waals surface area contributed by atoms with Crippen molar-refractivity contribution >= 4 is 5.97 Å². The lowest BCUT2D eigenvalue weighted by atomic mass is 9.85. The Bertz CT molecular complexity index is 255. The van der Waals surface area contributed by atoms with Gasteiger partial charge in [-0.2, -0.15) is 0 Å². The molecule has 0 radical (unpaired) electrons. The van der Waals surface area contributed by atoms with Crippen LogP contribution in [0.1, 0.15) is 39.0 Å². The van der Waals surface area contributed by atoms with Crippen molar-refractivity contribution in [2.75, 3.05) is 19.8 Å². The molecule has 1 aliphatic rings. The molecule has 0 bridgehead atoms. The molecule has 104 valence electrons. The van der Waals surface area contributed by atoms with Gasteiger partial charge in [0.25, 0.3) is 0 Å². The molecule has 1 aliphatic carbocycles. The third-order valence-electron chi connectivity index (χ3n) is 3.28. The largest absolute Gasteiger partial charge is 0.502 e. The molecule has 0 aliphatic heterocycles. The van der Waals surface area contributed by atoms with Gasteiger partial charge in [-0.25, -0.2) is 0 Å². The first-order valence-electron chi connectivity index (χ1n) is 6.90.